The number of benzene rings is 1. The van der Waals surface area contributed by atoms with E-state index in [1.807, 2.05) is 6.07 Å². The lowest BCUT2D eigenvalue weighted by Gasteiger charge is -2.05. The van der Waals surface area contributed by atoms with Crippen molar-refractivity contribution in [2.45, 2.75) is 20.0 Å². The molecule has 2 rings (SSSR count). The third-order valence-electron chi connectivity index (χ3n) is 2.70. The molecule has 90 valence electrons. The second-order valence-corrected chi connectivity index (χ2v) is 4.92. The molecule has 3 heteroatoms. The van der Waals surface area contributed by atoms with E-state index in [1.165, 1.54) is 15.6 Å². The third kappa shape index (κ3) is 3.45. The lowest BCUT2D eigenvalue weighted by Crippen LogP contribution is -2.11. The Morgan fingerprint density at radius 1 is 1.24 bits per heavy atom. The fraction of sp³-hybridized carbons (Fsp3) is 0.286. The lowest BCUT2D eigenvalue weighted by molar-refractivity contribution is 0.721. The van der Waals surface area contributed by atoms with Crippen molar-refractivity contribution in [1.82, 2.24) is 9.88 Å². The van der Waals surface area contributed by atoms with Gasteiger partial charge in [-0.2, -0.15) is 0 Å². The monoisotopic (exact) mass is 292 g/mol. The average molecular weight is 293 g/mol. The molecular weight excluding hydrogens is 276 g/mol. The topological polar surface area (TPSA) is 17.0 Å². The Balaban J connectivity index is 2.04. The molecule has 0 aliphatic rings. The summed E-state index contributed by atoms with van der Waals surface area (Å²) in [6, 6.07) is 10.5. The van der Waals surface area contributed by atoms with E-state index in [9.17, 15) is 0 Å². The number of aromatic nitrogens is 1. The Kier molecular flexibility index (Phi) is 4.40. The Hall–Kier alpha value is -1.06. The van der Waals surface area contributed by atoms with Crippen molar-refractivity contribution in [3.05, 3.63) is 58.3 Å². The van der Waals surface area contributed by atoms with Crippen LogP contribution in [-0.2, 0) is 13.1 Å². The molecule has 17 heavy (non-hydrogen) atoms. The second kappa shape index (κ2) is 6.03. The van der Waals surface area contributed by atoms with Crippen LogP contribution in [0.2, 0.25) is 0 Å². The molecular formula is C14H17BrN2. The van der Waals surface area contributed by atoms with Gasteiger partial charge in [0.2, 0.25) is 0 Å². The summed E-state index contributed by atoms with van der Waals surface area (Å²) in [5, 5.41) is 3.33. The molecule has 0 radical (unpaired) electrons. The van der Waals surface area contributed by atoms with E-state index in [0.29, 0.717) is 0 Å². The van der Waals surface area contributed by atoms with Gasteiger partial charge in [-0.3, -0.25) is 0 Å². The van der Waals surface area contributed by atoms with E-state index >= 15 is 0 Å². The molecule has 0 spiro atoms. The molecule has 1 N–H and O–H groups in total. The van der Waals surface area contributed by atoms with Gasteiger partial charge in [-0.05, 0) is 29.8 Å². The Bertz CT molecular complexity index is 477. The Morgan fingerprint density at radius 2 is 2.06 bits per heavy atom. The quantitative estimate of drug-likeness (QED) is 0.894. The maximum Gasteiger partial charge on any atom is 0.0481 e. The van der Waals surface area contributed by atoms with Crippen molar-refractivity contribution in [3.8, 4) is 0 Å². The number of nitrogens with one attached hydrogen (secondary N) is 1. The van der Waals surface area contributed by atoms with E-state index in [4.69, 9.17) is 0 Å². The van der Waals surface area contributed by atoms with Crippen LogP contribution in [0.15, 0.2) is 47.2 Å². The van der Waals surface area contributed by atoms with Gasteiger partial charge in [0.1, 0.15) is 0 Å². The van der Waals surface area contributed by atoms with Gasteiger partial charge in [0, 0.05) is 30.0 Å². The summed E-state index contributed by atoms with van der Waals surface area (Å²) in [6.45, 7) is 4.99. The maximum absolute atomic E-state index is 3.58. The highest BCUT2D eigenvalue weighted by atomic mass is 79.9. The van der Waals surface area contributed by atoms with Crippen molar-refractivity contribution in [3.63, 3.8) is 0 Å². The highest BCUT2D eigenvalue weighted by Crippen LogP contribution is 2.17. The molecule has 0 amide bonds. The standard InChI is InChI=1S/C14H17BrN2/c1-2-16-9-12-7-8-17(10-12)11-13-5-3-4-6-14(13)15/h3-8,10,16H,2,9,11H2,1H3. The van der Waals surface area contributed by atoms with Crippen molar-refractivity contribution in [2.75, 3.05) is 6.54 Å². The predicted molar refractivity (Wildman–Crippen MR) is 75.1 cm³/mol. The van der Waals surface area contributed by atoms with E-state index in [-0.39, 0.29) is 0 Å². The van der Waals surface area contributed by atoms with Gasteiger partial charge in [0.25, 0.3) is 0 Å². The third-order valence-corrected chi connectivity index (χ3v) is 3.48. The van der Waals surface area contributed by atoms with Crippen LogP contribution in [0.4, 0.5) is 0 Å². The minimum absolute atomic E-state index is 0.910. The average Bonchev–Trinajstić information content (AvgIpc) is 2.77. The van der Waals surface area contributed by atoms with Crippen LogP contribution >= 0.6 is 15.9 Å². The van der Waals surface area contributed by atoms with E-state index in [1.54, 1.807) is 0 Å². The molecule has 0 saturated carbocycles. The Morgan fingerprint density at radius 3 is 2.82 bits per heavy atom. The van der Waals surface area contributed by atoms with Crippen molar-refractivity contribution < 1.29 is 0 Å². The maximum atomic E-state index is 3.58. The second-order valence-electron chi connectivity index (χ2n) is 4.06. The van der Waals surface area contributed by atoms with Crippen LogP contribution in [0.3, 0.4) is 0 Å². The molecule has 0 aliphatic carbocycles. The van der Waals surface area contributed by atoms with Crippen LogP contribution in [-0.4, -0.2) is 11.1 Å². The SMILES string of the molecule is CCNCc1ccn(Cc2ccccc2Br)c1. The fourth-order valence-corrected chi connectivity index (χ4v) is 2.20. The molecule has 1 aromatic carbocycles. The minimum Gasteiger partial charge on any atom is -0.350 e. The number of hydrogen-bond donors (Lipinski definition) is 1. The molecule has 0 fully saturated rings. The normalized spacial score (nSPS) is 10.7. The zero-order valence-corrected chi connectivity index (χ0v) is 11.6. The smallest absolute Gasteiger partial charge is 0.0481 e. The van der Waals surface area contributed by atoms with Crippen LogP contribution in [0.5, 0.6) is 0 Å². The largest absolute Gasteiger partial charge is 0.350 e. The van der Waals surface area contributed by atoms with Crippen LogP contribution in [0, 0.1) is 0 Å². The molecule has 0 aliphatic heterocycles. The minimum atomic E-state index is 0.910. The lowest BCUT2D eigenvalue weighted by atomic mass is 10.2. The highest BCUT2D eigenvalue weighted by molar-refractivity contribution is 9.10. The van der Waals surface area contributed by atoms with Gasteiger partial charge in [0.05, 0.1) is 0 Å². The first kappa shape index (κ1) is 12.4. The van der Waals surface area contributed by atoms with Crippen molar-refractivity contribution in [1.29, 1.82) is 0 Å². The first-order valence-electron chi connectivity index (χ1n) is 5.88. The molecule has 2 nitrogen and oxygen atoms in total. The summed E-state index contributed by atoms with van der Waals surface area (Å²) in [5.74, 6) is 0. The summed E-state index contributed by atoms with van der Waals surface area (Å²) >= 11 is 3.58. The van der Waals surface area contributed by atoms with E-state index < -0.39 is 0 Å². The van der Waals surface area contributed by atoms with Crippen LogP contribution in [0.1, 0.15) is 18.1 Å². The summed E-state index contributed by atoms with van der Waals surface area (Å²) in [7, 11) is 0. The van der Waals surface area contributed by atoms with Crippen molar-refractivity contribution in [2.24, 2.45) is 0 Å². The molecule has 0 unspecified atom stereocenters. The number of rotatable bonds is 5. The summed E-state index contributed by atoms with van der Waals surface area (Å²) in [6.07, 6.45) is 4.33. The number of hydrogen-bond acceptors (Lipinski definition) is 1. The van der Waals surface area contributed by atoms with Gasteiger partial charge in [-0.1, -0.05) is 41.1 Å². The molecule has 1 heterocycles. The van der Waals surface area contributed by atoms with Crippen LogP contribution < -0.4 is 5.32 Å². The van der Waals surface area contributed by atoms with Gasteiger partial charge in [-0.15, -0.1) is 0 Å². The van der Waals surface area contributed by atoms with Gasteiger partial charge < -0.3 is 9.88 Å². The molecule has 0 bridgehead atoms. The zero-order valence-electron chi connectivity index (χ0n) is 9.99. The molecule has 2 aromatic rings. The van der Waals surface area contributed by atoms with Crippen molar-refractivity contribution >= 4 is 15.9 Å². The van der Waals surface area contributed by atoms with Crippen LogP contribution in [0.25, 0.3) is 0 Å². The highest BCUT2D eigenvalue weighted by Gasteiger charge is 2.00. The molecule has 0 atom stereocenters. The first-order chi connectivity index (χ1) is 8.29. The predicted octanol–water partition coefficient (Wildman–Crippen LogP) is 3.41. The van der Waals surface area contributed by atoms with Gasteiger partial charge >= 0.3 is 0 Å². The first-order valence-corrected chi connectivity index (χ1v) is 6.67. The van der Waals surface area contributed by atoms with E-state index in [2.05, 4.69) is 69.4 Å². The Labute approximate surface area is 111 Å². The van der Waals surface area contributed by atoms with Gasteiger partial charge in [-0.25, -0.2) is 0 Å². The summed E-state index contributed by atoms with van der Waals surface area (Å²) in [5.41, 5.74) is 2.64. The van der Waals surface area contributed by atoms with Gasteiger partial charge in [0.15, 0.2) is 0 Å². The zero-order chi connectivity index (χ0) is 12.1. The summed E-state index contributed by atoms with van der Waals surface area (Å²) in [4.78, 5) is 0. The summed E-state index contributed by atoms with van der Waals surface area (Å²) < 4.78 is 3.38. The number of nitrogens with zero attached hydrogens (tertiary/aromatic N) is 1. The molecule has 0 saturated heterocycles. The molecule has 1 aromatic heterocycles. The fourth-order valence-electron chi connectivity index (χ4n) is 1.79. The number of halogens is 1. The van der Waals surface area contributed by atoms with E-state index in [0.717, 1.165) is 19.6 Å².